The van der Waals surface area contributed by atoms with E-state index in [-0.39, 0.29) is 23.7 Å². The predicted molar refractivity (Wildman–Crippen MR) is 63.9 cm³/mol. The van der Waals surface area contributed by atoms with Gasteiger partial charge in [0.2, 0.25) is 11.9 Å². The molecule has 0 bridgehead atoms. The third-order valence-corrected chi connectivity index (χ3v) is 3.09. The molecule has 1 fully saturated rings. The number of nitro groups is 1. The van der Waals surface area contributed by atoms with Crippen LogP contribution in [0.1, 0.15) is 24.4 Å². The number of hydrogen-bond acceptors (Lipinski definition) is 4. The molecule has 1 aliphatic heterocycles. The molecule has 1 N–H and O–H groups in total. The standard InChI is InChI=1S/C12H14N2O4/c1-18-9-4-2-3-8(7-9)12-10(14(16)17)5-6-11(15)13-12/h2-4,7,10,12H,5-6H2,1H3,(H,13,15)/t10-,12-/m0/s1. The van der Waals surface area contributed by atoms with Crippen molar-refractivity contribution in [3.63, 3.8) is 0 Å². The second-order valence-electron chi connectivity index (χ2n) is 4.21. The summed E-state index contributed by atoms with van der Waals surface area (Å²) in [6.45, 7) is 0. The summed E-state index contributed by atoms with van der Waals surface area (Å²) in [5.41, 5.74) is 0.698. The summed E-state index contributed by atoms with van der Waals surface area (Å²) in [6, 6.07) is 5.62. The average molecular weight is 250 g/mol. The number of methoxy groups -OCH3 is 1. The highest BCUT2D eigenvalue weighted by molar-refractivity contribution is 5.77. The van der Waals surface area contributed by atoms with Crippen LogP contribution < -0.4 is 10.1 Å². The van der Waals surface area contributed by atoms with E-state index in [0.717, 1.165) is 0 Å². The number of carbonyl (C=O) groups is 1. The number of ether oxygens (including phenoxy) is 1. The molecule has 0 radical (unpaired) electrons. The number of carbonyl (C=O) groups excluding carboxylic acids is 1. The molecule has 1 aromatic carbocycles. The van der Waals surface area contributed by atoms with E-state index >= 15 is 0 Å². The lowest BCUT2D eigenvalue weighted by molar-refractivity contribution is -0.529. The molecular weight excluding hydrogens is 236 g/mol. The minimum absolute atomic E-state index is 0.152. The van der Waals surface area contributed by atoms with Crippen LogP contribution >= 0.6 is 0 Å². The van der Waals surface area contributed by atoms with Crippen LogP contribution in [0.3, 0.4) is 0 Å². The Bertz CT molecular complexity index is 475. The van der Waals surface area contributed by atoms with Crippen molar-refractivity contribution in [1.29, 1.82) is 0 Å². The summed E-state index contributed by atoms with van der Waals surface area (Å²) in [6.07, 6.45) is 0.465. The van der Waals surface area contributed by atoms with Crippen molar-refractivity contribution in [2.24, 2.45) is 0 Å². The smallest absolute Gasteiger partial charge is 0.237 e. The van der Waals surface area contributed by atoms with Crippen molar-refractivity contribution in [3.05, 3.63) is 39.9 Å². The fraction of sp³-hybridized carbons (Fsp3) is 0.417. The number of benzene rings is 1. The molecule has 2 rings (SSSR count). The molecule has 18 heavy (non-hydrogen) atoms. The maximum Gasteiger partial charge on any atom is 0.237 e. The molecule has 0 unspecified atom stereocenters. The van der Waals surface area contributed by atoms with Gasteiger partial charge in [0.05, 0.1) is 7.11 Å². The van der Waals surface area contributed by atoms with E-state index in [2.05, 4.69) is 5.32 Å². The predicted octanol–water partition coefficient (Wildman–Crippen LogP) is 1.29. The molecule has 1 aromatic rings. The van der Waals surface area contributed by atoms with Crippen LogP contribution in [0.5, 0.6) is 5.75 Å². The zero-order chi connectivity index (χ0) is 13.1. The van der Waals surface area contributed by atoms with Gasteiger partial charge in [-0.25, -0.2) is 0 Å². The third kappa shape index (κ3) is 2.42. The Morgan fingerprint density at radius 1 is 1.50 bits per heavy atom. The summed E-state index contributed by atoms with van der Waals surface area (Å²) < 4.78 is 5.09. The average Bonchev–Trinajstić information content (AvgIpc) is 2.38. The van der Waals surface area contributed by atoms with Crippen molar-refractivity contribution < 1.29 is 14.5 Å². The number of rotatable bonds is 3. The largest absolute Gasteiger partial charge is 0.497 e. The van der Waals surface area contributed by atoms with Gasteiger partial charge in [-0.15, -0.1) is 0 Å². The zero-order valence-corrected chi connectivity index (χ0v) is 9.96. The molecule has 2 atom stereocenters. The van der Waals surface area contributed by atoms with Crippen LogP contribution in [0, 0.1) is 10.1 Å². The summed E-state index contributed by atoms with van der Waals surface area (Å²) in [5, 5.41) is 13.7. The Hall–Kier alpha value is -2.11. The number of piperidine rings is 1. The van der Waals surface area contributed by atoms with E-state index in [9.17, 15) is 14.9 Å². The first-order valence-corrected chi connectivity index (χ1v) is 5.68. The Kier molecular flexibility index (Phi) is 3.45. The van der Waals surface area contributed by atoms with Gasteiger partial charge in [0, 0.05) is 17.8 Å². The summed E-state index contributed by atoms with van der Waals surface area (Å²) in [4.78, 5) is 22.1. The fourth-order valence-corrected chi connectivity index (χ4v) is 2.16. The number of nitrogens with one attached hydrogen (secondary N) is 1. The Morgan fingerprint density at radius 3 is 2.94 bits per heavy atom. The molecule has 6 nitrogen and oxygen atoms in total. The van der Waals surface area contributed by atoms with E-state index in [4.69, 9.17) is 4.74 Å². The first kappa shape index (κ1) is 12.3. The Balaban J connectivity index is 2.31. The topological polar surface area (TPSA) is 81.5 Å². The molecule has 1 amide bonds. The van der Waals surface area contributed by atoms with Crippen molar-refractivity contribution >= 4 is 5.91 Å². The SMILES string of the molecule is COc1cccc([C@@H]2NC(=O)CC[C@@H]2[N+](=O)[O-])c1. The summed E-state index contributed by atoms with van der Waals surface area (Å²) in [5.74, 6) is 0.468. The number of nitrogens with zero attached hydrogens (tertiary/aromatic N) is 1. The molecule has 6 heteroatoms. The minimum Gasteiger partial charge on any atom is -0.497 e. The van der Waals surface area contributed by atoms with Crippen molar-refractivity contribution in [1.82, 2.24) is 5.32 Å². The maximum absolute atomic E-state index is 11.4. The van der Waals surface area contributed by atoms with Gasteiger partial charge < -0.3 is 10.1 Å². The van der Waals surface area contributed by atoms with Gasteiger partial charge in [0.25, 0.3) is 0 Å². The normalized spacial score (nSPS) is 23.3. The van der Waals surface area contributed by atoms with E-state index in [1.807, 2.05) is 0 Å². The van der Waals surface area contributed by atoms with Gasteiger partial charge in [0.15, 0.2) is 0 Å². The van der Waals surface area contributed by atoms with Gasteiger partial charge in [-0.3, -0.25) is 14.9 Å². The van der Waals surface area contributed by atoms with Crippen molar-refractivity contribution in [2.75, 3.05) is 7.11 Å². The molecule has 0 aromatic heterocycles. The van der Waals surface area contributed by atoms with Crippen LogP contribution in [0.4, 0.5) is 0 Å². The third-order valence-electron chi connectivity index (χ3n) is 3.09. The van der Waals surface area contributed by atoms with Crippen LogP contribution in [0.15, 0.2) is 24.3 Å². The maximum atomic E-state index is 11.4. The zero-order valence-electron chi connectivity index (χ0n) is 9.96. The highest BCUT2D eigenvalue weighted by Gasteiger charge is 2.38. The molecule has 1 aliphatic rings. The first-order valence-electron chi connectivity index (χ1n) is 5.68. The monoisotopic (exact) mass is 250 g/mol. The van der Waals surface area contributed by atoms with E-state index in [1.54, 1.807) is 24.3 Å². The fourth-order valence-electron chi connectivity index (χ4n) is 2.16. The van der Waals surface area contributed by atoms with Gasteiger partial charge in [-0.2, -0.15) is 0 Å². The first-order chi connectivity index (χ1) is 8.61. The second-order valence-corrected chi connectivity index (χ2v) is 4.21. The van der Waals surface area contributed by atoms with Gasteiger partial charge in [-0.05, 0) is 17.7 Å². The highest BCUT2D eigenvalue weighted by atomic mass is 16.6. The summed E-state index contributed by atoms with van der Waals surface area (Å²) >= 11 is 0. The lowest BCUT2D eigenvalue weighted by atomic mass is 9.92. The van der Waals surface area contributed by atoms with Crippen LogP contribution in [0.2, 0.25) is 0 Å². The van der Waals surface area contributed by atoms with E-state index < -0.39 is 12.1 Å². The molecular formula is C12H14N2O4. The van der Waals surface area contributed by atoms with Gasteiger partial charge in [0.1, 0.15) is 11.8 Å². The lowest BCUT2D eigenvalue weighted by Crippen LogP contribution is -2.45. The molecule has 1 heterocycles. The van der Waals surface area contributed by atoms with Crippen LogP contribution in [0.25, 0.3) is 0 Å². The molecule has 0 saturated carbocycles. The van der Waals surface area contributed by atoms with E-state index in [1.165, 1.54) is 7.11 Å². The molecule has 96 valence electrons. The molecule has 1 saturated heterocycles. The van der Waals surface area contributed by atoms with Gasteiger partial charge in [-0.1, -0.05) is 12.1 Å². The Labute approximate surface area is 104 Å². The summed E-state index contributed by atoms with van der Waals surface area (Å²) in [7, 11) is 1.53. The quantitative estimate of drug-likeness (QED) is 0.647. The second kappa shape index (κ2) is 5.03. The van der Waals surface area contributed by atoms with E-state index in [0.29, 0.717) is 11.3 Å². The number of amides is 1. The Morgan fingerprint density at radius 2 is 2.28 bits per heavy atom. The van der Waals surface area contributed by atoms with Crippen LogP contribution in [-0.4, -0.2) is 24.0 Å². The molecule has 0 aliphatic carbocycles. The number of hydrogen-bond donors (Lipinski definition) is 1. The van der Waals surface area contributed by atoms with Crippen molar-refractivity contribution in [3.8, 4) is 5.75 Å². The highest BCUT2D eigenvalue weighted by Crippen LogP contribution is 2.28. The van der Waals surface area contributed by atoms with Crippen LogP contribution in [-0.2, 0) is 4.79 Å². The molecule has 0 spiro atoms. The van der Waals surface area contributed by atoms with Gasteiger partial charge >= 0.3 is 0 Å². The minimum atomic E-state index is -0.783. The lowest BCUT2D eigenvalue weighted by Gasteiger charge is -2.26. The van der Waals surface area contributed by atoms with Crippen molar-refractivity contribution in [2.45, 2.75) is 24.9 Å².